The third-order valence-corrected chi connectivity index (χ3v) is 6.23. The highest BCUT2D eigenvalue weighted by atomic mass is 16.5. The molecule has 2 aliphatic heterocycles. The lowest BCUT2D eigenvalue weighted by atomic mass is 10.1. The minimum absolute atomic E-state index is 0.144. The number of hydrogen-bond donors (Lipinski definition) is 2. The van der Waals surface area contributed by atoms with Crippen molar-refractivity contribution in [2.45, 2.75) is 12.5 Å². The molecule has 2 aromatic heterocycles. The van der Waals surface area contributed by atoms with E-state index in [2.05, 4.69) is 43.0 Å². The smallest absolute Gasteiger partial charge is 0.247 e. The molecule has 2 N–H and O–H groups in total. The monoisotopic (exact) mass is 470 g/mol. The Balaban J connectivity index is 1.42. The average molecular weight is 471 g/mol. The number of nitrogens with one attached hydrogen (secondary N) is 2. The van der Waals surface area contributed by atoms with Crippen LogP contribution in [-0.4, -0.2) is 66.3 Å². The summed E-state index contributed by atoms with van der Waals surface area (Å²) >= 11 is 0. The van der Waals surface area contributed by atoms with Gasteiger partial charge in [0.15, 0.2) is 0 Å². The zero-order valence-electron chi connectivity index (χ0n) is 19.3. The zero-order valence-corrected chi connectivity index (χ0v) is 19.3. The number of anilines is 4. The molecule has 0 aliphatic carbocycles. The molecule has 1 atom stereocenters. The van der Waals surface area contributed by atoms with Gasteiger partial charge in [-0.15, -0.1) is 0 Å². The number of nitrogens with zero attached hydrogens (tertiary/aromatic N) is 6. The second-order valence-corrected chi connectivity index (χ2v) is 8.53. The molecule has 0 bridgehead atoms. The van der Waals surface area contributed by atoms with Gasteiger partial charge in [0.2, 0.25) is 11.9 Å². The van der Waals surface area contributed by atoms with Crippen LogP contribution in [0.25, 0.3) is 10.8 Å². The number of amides is 1. The number of ether oxygens (including phenoxy) is 1. The summed E-state index contributed by atoms with van der Waals surface area (Å²) in [5.41, 5.74) is 2.15. The lowest BCUT2D eigenvalue weighted by molar-refractivity contribution is -0.111. The Morgan fingerprint density at radius 1 is 1.11 bits per heavy atom. The Morgan fingerprint density at radius 3 is 2.66 bits per heavy atom. The normalized spacial score (nSPS) is 17.7. The fourth-order valence-corrected chi connectivity index (χ4v) is 4.46. The van der Waals surface area contributed by atoms with Gasteiger partial charge < -0.3 is 25.2 Å². The number of carbonyl (C=O) groups excluding carboxylic acids is 1. The molecule has 5 rings (SSSR count). The molecule has 10 heteroatoms. The fourth-order valence-electron chi connectivity index (χ4n) is 4.46. The number of fused-ring (bicyclic) bond motifs is 1. The van der Waals surface area contributed by atoms with Crippen LogP contribution in [0.2, 0.25) is 0 Å². The van der Waals surface area contributed by atoms with E-state index < -0.39 is 0 Å². The number of morpholine rings is 1. The van der Waals surface area contributed by atoms with Crippen molar-refractivity contribution >= 4 is 39.8 Å². The molecule has 0 spiro atoms. The van der Waals surface area contributed by atoms with E-state index in [0.717, 1.165) is 54.9 Å². The van der Waals surface area contributed by atoms with Crippen molar-refractivity contribution in [3.05, 3.63) is 55.0 Å². The number of benzene rings is 1. The molecule has 0 unspecified atom stereocenters. The van der Waals surface area contributed by atoms with E-state index in [1.54, 1.807) is 0 Å². The highest BCUT2D eigenvalue weighted by Crippen LogP contribution is 2.34. The van der Waals surface area contributed by atoms with Crippen LogP contribution in [-0.2, 0) is 9.53 Å². The SMILES string of the molecule is C=CC(=O)Nc1cc(N2CC[C@@H](Nc3ncc(C#N)cn3)C2)c2cnc(N3CCOCC3)cc2c1. The molecule has 178 valence electrons. The number of carbonyl (C=O) groups is 1. The van der Waals surface area contributed by atoms with Crippen LogP contribution in [0.5, 0.6) is 0 Å². The number of aromatic nitrogens is 3. The Bertz CT molecular complexity index is 1280. The zero-order chi connectivity index (χ0) is 24.2. The summed E-state index contributed by atoms with van der Waals surface area (Å²) in [6.07, 6.45) is 7.10. The first-order valence-corrected chi connectivity index (χ1v) is 11.6. The molecule has 2 aliphatic rings. The predicted octanol–water partition coefficient (Wildman–Crippen LogP) is 2.55. The Morgan fingerprint density at radius 2 is 1.91 bits per heavy atom. The van der Waals surface area contributed by atoms with Gasteiger partial charge in [0, 0.05) is 55.2 Å². The van der Waals surface area contributed by atoms with E-state index in [1.807, 2.05) is 24.4 Å². The van der Waals surface area contributed by atoms with E-state index in [4.69, 9.17) is 15.0 Å². The van der Waals surface area contributed by atoms with Gasteiger partial charge in [-0.25, -0.2) is 15.0 Å². The summed E-state index contributed by atoms with van der Waals surface area (Å²) in [5.74, 6) is 1.15. The van der Waals surface area contributed by atoms with Gasteiger partial charge in [-0.2, -0.15) is 5.26 Å². The van der Waals surface area contributed by atoms with Crippen molar-refractivity contribution in [3.8, 4) is 6.07 Å². The van der Waals surface area contributed by atoms with Gasteiger partial charge in [-0.3, -0.25) is 4.79 Å². The summed E-state index contributed by atoms with van der Waals surface area (Å²) in [6.45, 7) is 8.10. The highest BCUT2D eigenvalue weighted by molar-refractivity contribution is 6.04. The van der Waals surface area contributed by atoms with Crippen molar-refractivity contribution < 1.29 is 9.53 Å². The molecule has 0 saturated carbocycles. The minimum Gasteiger partial charge on any atom is -0.378 e. The van der Waals surface area contributed by atoms with E-state index >= 15 is 0 Å². The standard InChI is InChI=1S/C25H26N8O2/c1-2-24(34)30-20-9-18-10-23(32-5-7-35-8-6-32)27-15-21(18)22(11-20)33-4-3-19(16-33)31-25-28-13-17(12-26)14-29-25/h2,9-11,13-15,19H,1,3-8,16H2,(H,30,34)(H,28,29,31)/t19-/m1/s1. The first-order chi connectivity index (χ1) is 17.1. The second kappa shape index (κ2) is 9.95. The van der Waals surface area contributed by atoms with Crippen LogP contribution in [0.3, 0.4) is 0 Å². The molecule has 3 aromatic rings. The van der Waals surface area contributed by atoms with Crippen molar-refractivity contribution in [2.75, 3.05) is 59.8 Å². The molecule has 1 amide bonds. The van der Waals surface area contributed by atoms with Crippen LogP contribution in [0, 0.1) is 11.3 Å². The van der Waals surface area contributed by atoms with Gasteiger partial charge in [-0.1, -0.05) is 6.58 Å². The summed E-state index contributed by atoms with van der Waals surface area (Å²) in [5, 5.41) is 17.2. The maximum atomic E-state index is 12.0. The summed E-state index contributed by atoms with van der Waals surface area (Å²) < 4.78 is 5.47. The number of nitriles is 1. The third-order valence-electron chi connectivity index (χ3n) is 6.23. The first kappa shape index (κ1) is 22.6. The number of hydrogen-bond acceptors (Lipinski definition) is 9. The minimum atomic E-state index is -0.253. The Hall–Kier alpha value is -4.23. The van der Waals surface area contributed by atoms with Gasteiger partial charge in [-0.05, 0) is 36.1 Å². The Labute approximate surface area is 203 Å². The van der Waals surface area contributed by atoms with E-state index in [9.17, 15) is 4.79 Å². The van der Waals surface area contributed by atoms with Crippen LogP contribution in [0.15, 0.2) is 49.4 Å². The quantitative estimate of drug-likeness (QED) is 0.524. The molecular formula is C25H26N8O2. The number of pyridine rings is 1. The summed E-state index contributed by atoms with van der Waals surface area (Å²) in [4.78, 5) is 29.7. The van der Waals surface area contributed by atoms with Crippen molar-refractivity contribution in [1.82, 2.24) is 15.0 Å². The van der Waals surface area contributed by atoms with Crippen molar-refractivity contribution in [3.63, 3.8) is 0 Å². The molecule has 1 aromatic carbocycles. The molecular weight excluding hydrogens is 444 g/mol. The second-order valence-electron chi connectivity index (χ2n) is 8.53. The fraction of sp³-hybridized carbons (Fsp3) is 0.320. The van der Waals surface area contributed by atoms with Gasteiger partial charge in [0.1, 0.15) is 11.9 Å². The van der Waals surface area contributed by atoms with E-state index in [1.165, 1.54) is 18.5 Å². The van der Waals surface area contributed by atoms with Crippen molar-refractivity contribution in [2.24, 2.45) is 0 Å². The number of rotatable bonds is 6. The van der Waals surface area contributed by atoms with Crippen molar-refractivity contribution in [1.29, 1.82) is 5.26 Å². The summed E-state index contributed by atoms with van der Waals surface area (Å²) in [7, 11) is 0. The third kappa shape index (κ3) is 5.00. The largest absolute Gasteiger partial charge is 0.378 e. The molecule has 35 heavy (non-hydrogen) atoms. The van der Waals surface area contributed by atoms with Gasteiger partial charge in [0.25, 0.3) is 0 Å². The van der Waals surface area contributed by atoms with Crippen LogP contribution < -0.4 is 20.4 Å². The highest BCUT2D eigenvalue weighted by Gasteiger charge is 2.25. The maximum Gasteiger partial charge on any atom is 0.247 e. The average Bonchev–Trinajstić information content (AvgIpc) is 3.37. The summed E-state index contributed by atoms with van der Waals surface area (Å²) in [6, 6.07) is 8.21. The van der Waals surface area contributed by atoms with E-state index in [0.29, 0.717) is 30.4 Å². The lowest BCUT2D eigenvalue weighted by Crippen LogP contribution is -2.36. The molecule has 10 nitrogen and oxygen atoms in total. The lowest BCUT2D eigenvalue weighted by Gasteiger charge is -2.28. The topological polar surface area (TPSA) is 119 Å². The van der Waals surface area contributed by atoms with Crippen LogP contribution in [0.4, 0.5) is 23.1 Å². The van der Waals surface area contributed by atoms with Gasteiger partial charge >= 0.3 is 0 Å². The molecule has 0 radical (unpaired) electrons. The maximum absolute atomic E-state index is 12.0. The predicted molar refractivity (Wildman–Crippen MR) is 135 cm³/mol. The van der Waals surface area contributed by atoms with Crippen LogP contribution in [0.1, 0.15) is 12.0 Å². The van der Waals surface area contributed by atoms with Crippen LogP contribution >= 0.6 is 0 Å². The van der Waals surface area contributed by atoms with Gasteiger partial charge in [0.05, 0.1) is 31.2 Å². The Kier molecular flexibility index (Phi) is 6.41. The molecule has 4 heterocycles. The van der Waals surface area contributed by atoms with E-state index in [-0.39, 0.29) is 11.9 Å². The molecule has 2 fully saturated rings. The molecule has 2 saturated heterocycles. The first-order valence-electron chi connectivity index (χ1n) is 11.6.